The van der Waals surface area contributed by atoms with Gasteiger partial charge in [-0.1, -0.05) is 0 Å². The third-order valence-electron chi connectivity index (χ3n) is 3.15. The molecular formula is C14H15FN2O3. The number of benzene rings is 1. The van der Waals surface area contributed by atoms with Crippen molar-refractivity contribution in [2.45, 2.75) is 0 Å². The first-order chi connectivity index (χ1) is 9.56. The van der Waals surface area contributed by atoms with Crippen molar-refractivity contribution < 1.29 is 19.1 Å². The molecule has 1 heterocycles. The predicted octanol–water partition coefficient (Wildman–Crippen LogP) is 1.12. The second kappa shape index (κ2) is 6.18. The van der Waals surface area contributed by atoms with Crippen molar-refractivity contribution in [2.24, 2.45) is 0 Å². The minimum atomic E-state index is -1.14. The van der Waals surface area contributed by atoms with Crippen LogP contribution in [0, 0.1) is 5.82 Å². The summed E-state index contributed by atoms with van der Waals surface area (Å²) in [6.45, 7) is 2.30. The Kier molecular flexibility index (Phi) is 4.34. The Hall–Kier alpha value is -2.37. The van der Waals surface area contributed by atoms with E-state index in [1.54, 1.807) is 17.0 Å². The van der Waals surface area contributed by atoms with Crippen LogP contribution in [0.5, 0.6) is 0 Å². The molecule has 0 unspecified atom stereocenters. The molecule has 0 spiro atoms. The number of amides is 1. The van der Waals surface area contributed by atoms with E-state index in [0.717, 1.165) is 17.8 Å². The Labute approximate surface area is 115 Å². The molecule has 1 aliphatic heterocycles. The summed E-state index contributed by atoms with van der Waals surface area (Å²) < 4.78 is 12.8. The molecule has 5 nitrogen and oxygen atoms in total. The van der Waals surface area contributed by atoms with Gasteiger partial charge in [0.05, 0.1) is 0 Å². The van der Waals surface area contributed by atoms with Gasteiger partial charge in [0.25, 0.3) is 0 Å². The van der Waals surface area contributed by atoms with E-state index in [2.05, 4.69) is 4.90 Å². The highest BCUT2D eigenvalue weighted by Crippen LogP contribution is 2.16. The molecule has 0 radical (unpaired) electrons. The van der Waals surface area contributed by atoms with Gasteiger partial charge in [0, 0.05) is 44.0 Å². The van der Waals surface area contributed by atoms with Crippen LogP contribution in [-0.4, -0.2) is 48.1 Å². The van der Waals surface area contributed by atoms with Gasteiger partial charge in [-0.05, 0) is 24.3 Å². The zero-order chi connectivity index (χ0) is 14.5. The summed E-state index contributed by atoms with van der Waals surface area (Å²) in [5, 5.41) is 8.48. The largest absolute Gasteiger partial charge is 0.478 e. The number of rotatable bonds is 3. The molecule has 1 aromatic rings. The SMILES string of the molecule is O=C(O)/C=C/C(=O)N1CCN(c2ccc(F)cc2)CC1. The normalized spacial score (nSPS) is 15.7. The minimum absolute atomic E-state index is 0.277. The first-order valence-corrected chi connectivity index (χ1v) is 6.27. The molecule has 0 atom stereocenters. The molecule has 20 heavy (non-hydrogen) atoms. The number of halogens is 1. The van der Waals surface area contributed by atoms with Crippen LogP contribution >= 0.6 is 0 Å². The maximum atomic E-state index is 12.8. The van der Waals surface area contributed by atoms with Gasteiger partial charge in [-0.25, -0.2) is 9.18 Å². The number of aliphatic carboxylic acids is 1. The molecule has 106 valence electrons. The molecule has 6 heteroatoms. The molecule has 1 amide bonds. The van der Waals surface area contributed by atoms with Gasteiger partial charge in [0.15, 0.2) is 0 Å². The van der Waals surface area contributed by atoms with Gasteiger partial charge in [0.2, 0.25) is 5.91 Å². The lowest BCUT2D eigenvalue weighted by Crippen LogP contribution is -2.48. The summed E-state index contributed by atoms with van der Waals surface area (Å²) in [4.78, 5) is 25.7. The van der Waals surface area contributed by atoms with E-state index in [9.17, 15) is 14.0 Å². The fourth-order valence-corrected chi connectivity index (χ4v) is 2.08. The molecule has 1 aliphatic rings. The maximum Gasteiger partial charge on any atom is 0.328 e. The minimum Gasteiger partial charge on any atom is -0.478 e. The van der Waals surface area contributed by atoms with Crippen molar-refractivity contribution in [2.75, 3.05) is 31.1 Å². The van der Waals surface area contributed by atoms with Gasteiger partial charge in [0.1, 0.15) is 5.82 Å². The predicted molar refractivity (Wildman–Crippen MR) is 72.0 cm³/mol. The van der Waals surface area contributed by atoms with Crippen molar-refractivity contribution in [1.29, 1.82) is 0 Å². The van der Waals surface area contributed by atoms with Gasteiger partial charge in [-0.2, -0.15) is 0 Å². The van der Waals surface area contributed by atoms with E-state index in [0.29, 0.717) is 26.2 Å². The Balaban J connectivity index is 1.90. The lowest BCUT2D eigenvalue weighted by atomic mass is 10.2. The van der Waals surface area contributed by atoms with E-state index in [1.807, 2.05) is 0 Å². The molecule has 1 N–H and O–H groups in total. The van der Waals surface area contributed by atoms with E-state index in [1.165, 1.54) is 12.1 Å². The standard InChI is InChI=1S/C14H15FN2O3/c15-11-1-3-12(4-2-11)16-7-9-17(10-8-16)13(18)5-6-14(19)20/h1-6H,7-10H2,(H,19,20)/b6-5+. The first kappa shape index (κ1) is 14.0. The van der Waals surface area contributed by atoms with Gasteiger partial charge < -0.3 is 14.9 Å². The number of hydrogen-bond acceptors (Lipinski definition) is 3. The average molecular weight is 278 g/mol. The van der Waals surface area contributed by atoms with Crippen molar-refractivity contribution in [3.05, 3.63) is 42.2 Å². The van der Waals surface area contributed by atoms with Crippen molar-refractivity contribution in [1.82, 2.24) is 4.90 Å². The van der Waals surface area contributed by atoms with Gasteiger partial charge in [-0.3, -0.25) is 4.79 Å². The molecule has 1 fully saturated rings. The lowest BCUT2D eigenvalue weighted by Gasteiger charge is -2.35. The number of hydrogen-bond donors (Lipinski definition) is 1. The van der Waals surface area contributed by atoms with Crippen LogP contribution in [0.3, 0.4) is 0 Å². The maximum absolute atomic E-state index is 12.8. The van der Waals surface area contributed by atoms with E-state index in [4.69, 9.17) is 5.11 Å². The second-order valence-corrected chi connectivity index (χ2v) is 4.46. The third kappa shape index (κ3) is 3.57. The number of piperazine rings is 1. The topological polar surface area (TPSA) is 60.9 Å². The van der Waals surface area contributed by atoms with E-state index >= 15 is 0 Å². The molecule has 0 bridgehead atoms. The molecule has 0 aliphatic carbocycles. The van der Waals surface area contributed by atoms with Crippen LogP contribution in [0.15, 0.2) is 36.4 Å². The van der Waals surface area contributed by atoms with Crippen molar-refractivity contribution in [3.63, 3.8) is 0 Å². The highest BCUT2D eigenvalue weighted by Gasteiger charge is 2.19. The highest BCUT2D eigenvalue weighted by atomic mass is 19.1. The Morgan fingerprint density at radius 3 is 2.20 bits per heavy atom. The van der Waals surface area contributed by atoms with Crippen LogP contribution in [-0.2, 0) is 9.59 Å². The number of carboxylic acids is 1. The first-order valence-electron chi connectivity index (χ1n) is 6.27. The fourth-order valence-electron chi connectivity index (χ4n) is 2.08. The summed E-state index contributed by atoms with van der Waals surface area (Å²) >= 11 is 0. The molecular weight excluding hydrogens is 263 g/mol. The summed E-state index contributed by atoms with van der Waals surface area (Å²) in [5.41, 5.74) is 0.916. The van der Waals surface area contributed by atoms with Crippen LogP contribution in [0.1, 0.15) is 0 Å². The quantitative estimate of drug-likeness (QED) is 0.842. The van der Waals surface area contributed by atoms with Crippen LogP contribution in [0.2, 0.25) is 0 Å². The Bertz CT molecular complexity index is 520. The highest BCUT2D eigenvalue weighted by molar-refractivity contribution is 5.94. The van der Waals surface area contributed by atoms with Crippen molar-refractivity contribution in [3.8, 4) is 0 Å². The zero-order valence-corrected chi connectivity index (χ0v) is 10.8. The summed E-state index contributed by atoms with van der Waals surface area (Å²) in [7, 11) is 0. The molecule has 0 saturated carbocycles. The van der Waals surface area contributed by atoms with Crippen LogP contribution in [0.25, 0.3) is 0 Å². The van der Waals surface area contributed by atoms with Gasteiger partial charge >= 0.3 is 5.97 Å². The Morgan fingerprint density at radius 2 is 1.65 bits per heavy atom. The summed E-state index contributed by atoms with van der Waals surface area (Å²) in [5.74, 6) is -1.71. The van der Waals surface area contributed by atoms with E-state index in [-0.39, 0.29) is 11.7 Å². The average Bonchev–Trinajstić information content (AvgIpc) is 2.46. The second-order valence-electron chi connectivity index (χ2n) is 4.46. The number of carboxylic acid groups (broad SMARTS) is 1. The van der Waals surface area contributed by atoms with Crippen molar-refractivity contribution >= 4 is 17.6 Å². The molecule has 2 rings (SSSR count). The molecule has 1 saturated heterocycles. The smallest absolute Gasteiger partial charge is 0.328 e. The number of carbonyl (C=O) groups excluding carboxylic acids is 1. The zero-order valence-electron chi connectivity index (χ0n) is 10.8. The number of anilines is 1. The lowest BCUT2D eigenvalue weighted by molar-refractivity contribution is -0.132. The summed E-state index contributed by atoms with van der Waals surface area (Å²) in [6, 6.07) is 6.22. The number of carbonyl (C=O) groups is 2. The Morgan fingerprint density at radius 1 is 1.05 bits per heavy atom. The molecule has 0 aromatic heterocycles. The fraction of sp³-hybridized carbons (Fsp3) is 0.286. The monoisotopic (exact) mass is 278 g/mol. The van der Waals surface area contributed by atoms with E-state index < -0.39 is 5.97 Å². The summed E-state index contributed by atoms with van der Waals surface area (Å²) in [6.07, 6.45) is 1.91. The van der Waals surface area contributed by atoms with Crippen LogP contribution in [0.4, 0.5) is 10.1 Å². The van der Waals surface area contributed by atoms with Gasteiger partial charge in [-0.15, -0.1) is 0 Å². The number of nitrogens with zero attached hydrogens (tertiary/aromatic N) is 2. The van der Waals surface area contributed by atoms with Crippen LogP contribution < -0.4 is 4.90 Å². The molecule has 1 aromatic carbocycles. The third-order valence-corrected chi connectivity index (χ3v) is 3.15.